The van der Waals surface area contributed by atoms with Crippen molar-refractivity contribution in [2.75, 3.05) is 0 Å². The topological polar surface area (TPSA) is 70.0 Å². The second kappa shape index (κ2) is 5.19. The molecular weight excluding hydrogens is 249 g/mol. The molecule has 0 saturated carbocycles. The zero-order chi connectivity index (χ0) is 14.0. The molecule has 6 heteroatoms. The van der Waals surface area contributed by atoms with Crippen molar-refractivity contribution in [3.05, 3.63) is 68.2 Å². The SMILES string of the molecule is Cn1ccn(Cc2ccc(CN)cc2F)c(=O)c1=O. The van der Waals surface area contributed by atoms with Crippen LogP contribution in [0.15, 0.2) is 40.2 Å². The smallest absolute Gasteiger partial charge is 0.316 e. The molecule has 0 aliphatic carbocycles. The Hall–Kier alpha value is -2.21. The van der Waals surface area contributed by atoms with Crippen LogP contribution in [0, 0.1) is 5.82 Å². The number of hydrogen-bond donors (Lipinski definition) is 1. The number of hydrogen-bond acceptors (Lipinski definition) is 3. The molecule has 5 nitrogen and oxygen atoms in total. The van der Waals surface area contributed by atoms with Gasteiger partial charge < -0.3 is 14.9 Å². The van der Waals surface area contributed by atoms with Crippen LogP contribution in [-0.2, 0) is 20.1 Å². The van der Waals surface area contributed by atoms with Crippen LogP contribution in [0.1, 0.15) is 11.1 Å². The maximum Gasteiger partial charge on any atom is 0.316 e. The fraction of sp³-hybridized carbons (Fsp3) is 0.231. The van der Waals surface area contributed by atoms with Gasteiger partial charge in [-0.1, -0.05) is 12.1 Å². The van der Waals surface area contributed by atoms with Crippen molar-refractivity contribution in [2.24, 2.45) is 12.8 Å². The van der Waals surface area contributed by atoms with E-state index in [4.69, 9.17) is 5.73 Å². The molecule has 1 aromatic heterocycles. The molecule has 0 radical (unpaired) electrons. The van der Waals surface area contributed by atoms with Crippen molar-refractivity contribution in [3.8, 4) is 0 Å². The fourth-order valence-corrected chi connectivity index (χ4v) is 1.74. The zero-order valence-corrected chi connectivity index (χ0v) is 10.5. The Labute approximate surface area is 108 Å². The quantitative estimate of drug-likeness (QED) is 0.804. The number of benzene rings is 1. The van der Waals surface area contributed by atoms with Gasteiger partial charge in [0.05, 0.1) is 6.54 Å². The monoisotopic (exact) mass is 263 g/mol. The van der Waals surface area contributed by atoms with Gasteiger partial charge in [0.1, 0.15) is 5.82 Å². The zero-order valence-electron chi connectivity index (χ0n) is 10.5. The van der Waals surface area contributed by atoms with Crippen LogP contribution >= 0.6 is 0 Å². The normalized spacial score (nSPS) is 10.7. The van der Waals surface area contributed by atoms with E-state index in [2.05, 4.69) is 0 Å². The maximum atomic E-state index is 13.8. The predicted octanol–water partition coefficient (Wildman–Crippen LogP) is 0.193. The molecule has 2 rings (SSSR count). The molecule has 0 saturated heterocycles. The van der Waals surface area contributed by atoms with Gasteiger partial charge in [-0.25, -0.2) is 4.39 Å². The first kappa shape index (κ1) is 13.2. The summed E-state index contributed by atoms with van der Waals surface area (Å²) < 4.78 is 16.2. The summed E-state index contributed by atoms with van der Waals surface area (Å²) in [7, 11) is 1.49. The van der Waals surface area contributed by atoms with Crippen LogP contribution in [0.3, 0.4) is 0 Å². The van der Waals surface area contributed by atoms with Crippen molar-refractivity contribution < 1.29 is 4.39 Å². The van der Waals surface area contributed by atoms with Gasteiger partial charge in [0.25, 0.3) is 0 Å². The summed E-state index contributed by atoms with van der Waals surface area (Å²) in [5, 5.41) is 0. The lowest BCUT2D eigenvalue weighted by molar-refractivity contribution is 0.589. The summed E-state index contributed by atoms with van der Waals surface area (Å²) in [5.41, 5.74) is 5.12. The third kappa shape index (κ3) is 2.63. The molecule has 0 fully saturated rings. The second-order valence-corrected chi connectivity index (χ2v) is 4.28. The number of halogens is 1. The molecule has 0 atom stereocenters. The van der Waals surface area contributed by atoms with Crippen LogP contribution in [0.25, 0.3) is 0 Å². The number of nitrogens with two attached hydrogens (primary N) is 1. The van der Waals surface area contributed by atoms with Gasteiger partial charge in [-0.05, 0) is 11.6 Å². The highest BCUT2D eigenvalue weighted by Gasteiger charge is 2.07. The first-order chi connectivity index (χ1) is 9.02. The van der Waals surface area contributed by atoms with E-state index in [1.54, 1.807) is 12.1 Å². The third-order valence-corrected chi connectivity index (χ3v) is 2.93. The molecule has 0 amide bonds. The Morgan fingerprint density at radius 2 is 1.95 bits per heavy atom. The largest absolute Gasteiger partial charge is 0.326 e. The summed E-state index contributed by atoms with van der Waals surface area (Å²) in [6.07, 6.45) is 2.93. The van der Waals surface area contributed by atoms with Crippen LogP contribution in [0.2, 0.25) is 0 Å². The average Bonchev–Trinajstić information content (AvgIpc) is 2.41. The number of aromatic nitrogens is 2. The minimum atomic E-state index is -0.674. The molecule has 0 aliphatic heterocycles. The number of aryl methyl sites for hydroxylation is 1. The summed E-state index contributed by atoms with van der Waals surface area (Å²) in [6.45, 7) is 0.272. The van der Waals surface area contributed by atoms with E-state index < -0.39 is 16.9 Å². The van der Waals surface area contributed by atoms with Gasteiger partial charge in [0.15, 0.2) is 0 Å². The van der Waals surface area contributed by atoms with E-state index in [1.165, 1.54) is 34.6 Å². The Morgan fingerprint density at radius 1 is 1.21 bits per heavy atom. The van der Waals surface area contributed by atoms with E-state index in [0.717, 1.165) is 0 Å². The Morgan fingerprint density at radius 3 is 2.58 bits per heavy atom. The summed E-state index contributed by atoms with van der Waals surface area (Å²) in [5.74, 6) is -0.435. The highest BCUT2D eigenvalue weighted by atomic mass is 19.1. The Kier molecular flexibility index (Phi) is 3.62. The van der Waals surface area contributed by atoms with Gasteiger partial charge in [-0.15, -0.1) is 0 Å². The molecule has 100 valence electrons. The summed E-state index contributed by atoms with van der Waals surface area (Å²) in [6, 6.07) is 4.60. The molecule has 2 N–H and O–H groups in total. The van der Waals surface area contributed by atoms with E-state index in [-0.39, 0.29) is 13.1 Å². The molecule has 1 aromatic carbocycles. The predicted molar refractivity (Wildman–Crippen MR) is 69.3 cm³/mol. The lowest BCUT2D eigenvalue weighted by atomic mass is 10.1. The average molecular weight is 263 g/mol. The van der Waals surface area contributed by atoms with Gasteiger partial charge in [0, 0.05) is 31.5 Å². The summed E-state index contributed by atoms with van der Waals surface area (Å²) >= 11 is 0. The van der Waals surface area contributed by atoms with Crippen molar-refractivity contribution >= 4 is 0 Å². The first-order valence-corrected chi connectivity index (χ1v) is 5.76. The number of nitrogens with zero attached hydrogens (tertiary/aromatic N) is 2. The van der Waals surface area contributed by atoms with E-state index >= 15 is 0 Å². The van der Waals surface area contributed by atoms with Crippen LogP contribution in [-0.4, -0.2) is 9.13 Å². The van der Waals surface area contributed by atoms with Crippen molar-refractivity contribution in [1.29, 1.82) is 0 Å². The van der Waals surface area contributed by atoms with Crippen LogP contribution < -0.4 is 16.9 Å². The van der Waals surface area contributed by atoms with Crippen molar-refractivity contribution in [1.82, 2.24) is 9.13 Å². The highest BCUT2D eigenvalue weighted by Crippen LogP contribution is 2.10. The maximum absolute atomic E-state index is 13.8. The van der Waals surface area contributed by atoms with E-state index in [1.807, 2.05) is 0 Å². The minimum Gasteiger partial charge on any atom is -0.326 e. The second-order valence-electron chi connectivity index (χ2n) is 4.28. The molecule has 1 heterocycles. The first-order valence-electron chi connectivity index (χ1n) is 5.76. The molecule has 2 aromatic rings. The van der Waals surface area contributed by atoms with E-state index in [0.29, 0.717) is 11.1 Å². The molecule has 0 spiro atoms. The minimum absolute atomic E-state index is 0.0194. The molecule has 19 heavy (non-hydrogen) atoms. The van der Waals surface area contributed by atoms with E-state index in [9.17, 15) is 14.0 Å². The third-order valence-electron chi connectivity index (χ3n) is 2.93. The lowest BCUT2D eigenvalue weighted by Gasteiger charge is -2.08. The molecule has 0 unspecified atom stereocenters. The summed E-state index contributed by atoms with van der Waals surface area (Å²) in [4.78, 5) is 23.2. The van der Waals surface area contributed by atoms with Crippen molar-refractivity contribution in [3.63, 3.8) is 0 Å². The van der Waals surface area contributed by atoms with Gasteiger partial charge >= 0.3 is 11.1 Å². The highest BCUT2D eigenvalue weighted by molar-refractivity contribution is 5.24. The van der Waals surface area contributed by atoms with Gasteiger partial charge in [-0.2, -0.15) is 0 Å². The van der Waals surface area contributed by atoms with Gasteiger partial charge in [-0.3, -0.25) is 9.59 Å². The number of rotatable bonds is 3. The fourth-order valence-electron chi connectivity index (χ4n) is 1.74. The van der Waals surface area contributed by atoms with Crippen molar-refractivity contribution in [2.45, 2.75) is 13.1 Å². The molecule has 0 bridgehead atoms. The van der Waals surface area contributed by atoms with Crippen LogP contribution in [0.5, 0.6) is 0 Å². The molecule has 0 aliphatic rings. The van der Waals surface area contributed by atoms with Crippen LogP contribution in [0.4, 0.5) is 4.39 Å². The molecular formula is C13H14FN3O2. The lowest BCUT2D eigenvalue weighted by Crippen LogP contribution is -2.39. The Bertz CT molecular complexity index is 719. The standard InChI is InChI=1S/C13H14FN3O2/c1-16-4-5-17(13(19)12(16)18)8-10-3-2-9(7-15)6-11(10)14/h2-6H,7-8,15H2,1H3. The Balaban J connectivity index is 2.40. The van der Waals surface area contributed by atoms with Gasteiger partial charge in [0.2, 0.25) is 0 Å².